The van der Waals surface area contributed by atoms with Crippen molar-refractivity contribution >= 4 is 29.1 Å². The molecule has 1 aliphatic heterocycles. The Labute approximate surface area is 175 Å². The van der Waals surface area contributed by atoms with Gasteiger partial charge in [-0.3, -0.25) is 19.3 Å². The van der Waals surface area contributed by atoms with Gasteiger partial charge in [0, 0.05) is 11.3 Å². The zero-order valence-electron chi connectivity index (χ0n) is 17.3. The van der Waals surface area contributed by atoms with Crippen LogP contribution in [0.5, 0.6) is 0 Å². The maximum absolute atomic E-state index is 13.1. The molecule has 0 radical (unpaired) electrons. The van der Waals surface area contributed by atoms with Crippen LogP contribution in [-0.2, 0) is 9.59 Å². The molecule has 4 atom stereocenters. The quantitative estimate of drug-likeness (QED) is 0.618. The van der Waals surface area contributed by atoms with E-state index >= 15 is 0 Å². The van der Waals surface area contributed by atoms with E-state index in [9.17, 15) is 14.4 Å². The molecule has 0 aromatic heterocycles. The molecule has 5 rings (SSSR count). The molecule has 3 amide bonds. The number of allylic oxidation sites excluding steroid dienone is 2. The van der Waals surface area contributed by atoms with Crippen LogP contribution >= 0.6 is 0 Å². The van der Waals surface area contributed by atoms with E-state index in [0.29, 0.717) is 11.3 Å². The van der Waals surface area contributed by atoms with Crippen molar-refractivity contribution in [3.63, 3.8) is 0 Å². The largest absolute Gasteiger partial charge is 0.322 e. The van der Waals surface area contributed by atoms with Crippen molar-refractivity contribution in [2.45, 2.75) is 27.2 Å². The lowest BCUT2D eigenvalue weighted by molar-refractivity contribution is -0.123. The molecule has 5 heteroatoms. The number of benzene rings is 2. The highest BCUT2D eigenvalue weighted by atomic mass is 16.2. The Morgan fingerprint density at radius 2 is 1.67 bits per heavy atom. The number of amides is 3. The van der Waals surface area contributed by atoms with Gasteiger partial charge in [0.05, 0.1) is 17.5 Å². The van der Waals surface area contributed by atoms with E-state index in [0.717, 1.165) is 23.2 Å². The van der Waals surface area contributed by atoms with Gasteiger partial charge in [-0.15, -0.1) is 0 Å². The minimum atomic E-state index is -0.224. The van der Waals surface area contributed by atoms with E-state index < -0.39 is 0 Å². The summed E-state index contributed by atoms with van der Waals surface area (Å²) in [5, 5.41) is 2.94. The van der Waals surface area contributed by atoms with Gasteiger partial charge in [0.1, 0.15) is 0 Å². The van der Waals surface area contributed by atoms with E-state index in [2.05, 4.69) is 18.3 Å². The predicted molar refractivity (Wildman–Crippen MR) is 115 cm³/mol. The lowest BCUT2D eigenvalue weighted by Crippen LogP contribution is -2.33. The molecule has 0 spiro atoms. The van der Waals surface area contributed by atoms with Crippen LogP contribution in [0.25, 0.3) is 0 Å². The third-order valence-electron chi connectivity index (χ3n) is 7.12. The third kappa shape index (κ3) is 2.65. The van der Waals surface area contributed by atoms with E-state index in [1.54, 1.807) is 24.3 Å². The topological polar surface area (TPSA) is 66.5 Å². The number of hydrogen-bond donors (Lipinski definition) is 1. The Balaban J connectivity index is 1.36. The molecular formula is C25H24N2O3. The smallest absolute Gasteiger partial charge is 0.255 e. The number of imide groups is 1. The van der Waals surface area contributed by atoms with Crippen LogP contribution in [0.4, 0.5) is 11.4 Å². The highest BCUT2D eigenvalue weighted by Gasteiger charge is 2.60. The van der Waals surface area contributed by atoms with Crippen LogP contribution in [0.3, 0.4) is 0 Å². The SMILES string of the molecule is CC1=C[C@H]2C[C@H]1[C@@H]1C(=O)N(c3ccc(C(=O)Nc4cccc(C)c4C)cc3)C(=O)[C@H]12. The number of hydrogen-bond acceptors (Lipinski definition) is 3. The Bertz CT molecular complexity index is 1120. The standard InChI is InChI=1S/C25H24N2O3/c1-13-5-4-6-20(15(13)3)26-23(28)16-7-9-18(10-8-16)27-24(29)21-17-11-14(2)19(12-17)22(21)25(27)30/h4-11,17,19,21-22H,12H2,1-3H3,(H,26,28)/t17-,19+,21-,22-/m0/s1. The fourth-order valence-electron chi connectivity index (χ4n) is 5.37. The fraction of sp³-hybridized carbons (Fsp3) is 0.320. The minimum absolute atomic E-state index is 0.0995. The van der Waals surface area contributed by atoms with Gasteiger partial charge in [-0.2, -0.15) is 0 Å². The van der Waals surface area contributed by atoms with Crippen molar-refractivity contribution in [2.75, 3.05) is 10.2 Å². The molecule has 30 heavy (non-hydrogen) atoms. The molecule has 3 aliphatic rings. The van der Waals surface area contributed by atoms with E-state index in [1.165, 1.54) is 10.5 Å². The zero-order valence-corrected chi connectivity index (χ0v) is 17.3. The second-order valence-corrected chi connectivity index (χ2v) is 8.73. The summed E-state index contributed by atoms with van der Waals surface area (Å²) in [4.78, 5) is 40.1. The zero-order chi connectivity index (χ0) is 21.2. The maximum Gasteiger partial charge on any atom is 0.255 e. The number of rotatable bonds is 3. The summed E-state index contributed by atoms with van der Waals surface area (Å²) < 4.78 is 0. The van der Waals surface area contributed by atoms with E-state index in [1.807, 2.05) is 32.0 Å². The number of anilines is 2. The molecule has 2 aromatic carbocycles. The molecule has 1 heterocycles. The van der Waals surface area contributed by atoms with Gasteiger partial charge < -0.3 is 5.32 Å². The molecule has 2 bridgehead atoms. The minimum Gasteiger partial charge on any atom is -0.322 e. The van der Waals surface area contributed by atoms with Crippen LogP contribution in [0, 0.1) is 37.5 Å². The summed E-state index contributed by atoms with van der Waals surface area (Å²) in [5.41, 5.74) is 5.18. The number of nitrogens with zero attached hydrogens (tertiary/aromatic N) is 1. The molecule has 5 nitrogen and oxygen atoms in total. The molecule has 2 fully saturated rings. The van der Waals surface area contributed by atoms with Gasteiger partial charge in [-0.1, -0.05) is 23.8 Å². The maximum atomic E-state index is 13.1. The fourth-order valence-corrected chi connectivity index (χ4v) is 5.37. The van der Waals surface area contributed by atoms with Crippen molar-refractivity contribution in [3.05, 3.63) is 70.8 Å². The van der Waals surface area contributed by atoms with E-state index in [4.69, 9.17) is 0 Å². The number of carbonyl (C=O) groups excluding carboxylic acids is 3. The van der Waals surface area contributed by atoms with Crippen molar-refractivity contribution < 1.29 is 14.4 Å². The Morgan fingerprint density at radius 1 is 0.967 bits per heavy atom. The van der Waals surface area contributed by atoms with Gasteiger partial charge in [0.2, 0.25) is 11.8 Å². The Hall–Kier alpha value is -3.21. The first-order valence-electron chi connectivity index (χ1n) is 10.4. The second kappa shape index (κ2) is 6.66. The monoisotopic (exact) mass is 400 g/mol. The van der Waals surface area contributed by atoms with Crippen LogP contribution in [0.2, 0.25) is 0 Å². The van der Waals surface area contributed by atoms with Gasteiger partial charge in [-0.25, -0.2) is 0 Å². The number of aryl methyl sites for hydroxylation is 1. The van der Waals surface area contributed by atoms with Gasteiger partial charge >= 0.3 is 0 Å². The summed E-state index contributed by atoms with van der Waals surface area (Å²) in [7, 11) is 0. The number of carbonyl (C=O) groups is 3. The highest BCUT2D eigenvalue weighted by molar-refractivity contribution is 6.23. The van der Waals surface area contributed by atoms with Crippen LogP contribution in [0.15, 0.2) is 54.1 Å². The van der Waals surface area contributed by atoms with Crippen LogP contribution in [-0.4, -0.2) is 17.7 Å². The first-order valence-corrected chi connectivity index (χ1v) is 10.4. The lowest BCUT2D eigenvalue weighted by atomic mass is 9.82. The van der Waals surface area contributed by atoms with Gasteiger partial charge in [-0.05, 0) is 80.5 Å². The highest BCUT2D eigenvalue weighted by Crippen LogP contribution is 2.55. The molecular weight excluding hydrogens is 376 g/mol. The van der Waals surface area contributed by atoms with Crippen molar-refractivity contribution in [1.29, 1.82) is 0 Å². The molecule has 2 aromatic rings. The number of nitrogens with one attached hydrogen (secondary N) is 1. The number of fused-ring (bicyclic) bond motifs is 5. The summed E-state index contributed by atoms with van der Waals surface area (Å²) in [6.45, 7) is 6.03. The first kappa shape index (κ1) is 18.8. The summed E-state index contributed by atoms with van der Waals surface area (Å²) in [6.07, 6.45) is 3.09. The van der Waals surface area contributed by atoms with Gasteiger partial charge in [0.25, 0.3) is 5.91 Å². The van der Waals surface area contributed by atoms with Crippen LogP contribution in [0.1, 0.15) is 34.8 Å². The Kier molecular flexibility index (Phi) is 4.17. The molecule has 0 unspecified atom stereocenters. The predicted octanol–water partition coefficient (Wildman–Crippen LogP) is 4.26. The van der Waals surface area contributed by atoms with Crippen molar-refractivity contribution in [2.24, 2.45) is 23.7 Å². The summed E-state index contributed by atoms with van der Waals surface area (Å²) >= 11 is 0. The van der Waals surface area contributed by atoms with Crippen molar-refractivity contribution in [3.8, 4) is 0 Å². The Morgan fingerprint density at radius 3 is 2.40 bits per heavy atom. The summed E-state index contributed by atoms with van der Waals surface area (Å²) in [6, 6.07) is 12.5. The average molecular weight is 400 g/mol. The third-order valence-corrected chi connectivity index (χ3v) is 7.12. The van der Waals surface area contributed by atoms with E-state index in [-0.39, 0.29) is 41.4 Å². The molecule has 1 saturated carbocycles. The second-order valence-electron chi connectivity index (χ2n) is 8.73. The van der Waals surface area contributed by atoms with Gasteiger partial charge in [0.15, 0.2) is 0 Å². The molecule has 1 N–H and O–H groups in total. The normalized spacial score (nSPS) is 26.8. The van der Waals surface area contributed by atoms with Crippen molar-refractivity contribution in [1.82, 2.24) is 0 Å². The summed E-state index contributed by atoms with van der Waals surface area (Å²) in [5.74, 6) is -0.484. The van der Waals surface area contributed by atoms with Crippen LogP contribution < -0.4 is 10.2 Å². The molecule has 1 saturated heterocycles. The molecule has 152 valence electrons. The average Bonchev–Trinajstić information content (AvgIpc) is 3.36. The lowest BCUT2D eigenvalue weighted by Gasteiger charge is -2.19. The first-order chi connectivity index (χ1) is 14.4. The molecule has 2 aliphatic carbocycles.